The summed E-state index contributed by atoms with van der Waals surface area (Å²) in [4.78, 5) is 7.32. The molecule has 2 unspecified atom stereocenters. The van der Waals surface area contributed by atoms with Gasteiger partial charge >= 0.3 is 12.4 Å². The van der Waals surface area contributed by atoms with Crippen molar-refractivity contribution in [3.63, 3.8) is 0 Å². The maximum Gasteiger partial charge on any atom is 0.416 e. The zero-order chi connectivity index (χ0) is 53.0. The van der Waals surface area contributed by atoms with Gasteiger partial charge in [-0.1, -0.05) is 155 Å². The number of rotatable bonds is 6. The van der Waals surface area contributed by atoms with Crippen LogP contribution < -0.4 is 31.1 Å². The summed E-state index contributed by atoms with van der Waals surface area (Å²) >= 11 is 0. The molecule has 2 atom stereocenters. The van der Waals surface area contributed by atoms with Crippen LogP contribution in [0.1, 0.15) is 81.2 Å². The number of halogens is 6. The number of anilines is 8. The minimum absolute atomic E-state index is 0.224. The topological polar surface area (TPSA) is 9.72 Å². The van der Waals surface area contributed by atoms with Crippen molar-refractivity contribution >= 4 is 68.6 Å². The van der Waals surface area contributed by atoms with Gasteiger partial charge < -0.3 is 14.7 Å². The van der Waals surface area contributed by atoms with E-state index in [2.05, 4.69) is 146 Å². The van der Waals surface area contributed by atoms with E-state index in [1.165, 1.54) is 27.6 Å². The van der Waals surface area contributed by atoms with Crippen LogP contribution in [0.5, 0.6) is 0 Å². The zero-order valence-electron chi connectivity index (χ0n) is 43.0. The lowest BCUT2D eigenvalue weighted by molar-refractivity contribution is -0.138. The van der Waals surface area contributed by atoms with Gasteiger partial charge in [0.25, 0.3) is 6.71 Å². The first-order valence-corrected chi connectivity index (χ1v) is 26.6. The molecule has 380 valence electrons. The Labute approximate surface area is 445 Å². The molecule has 0 amide bonds. The summed E-state index contributed by atoms with van der Waals surface area (Å²) in [5.74, 6) is 0. The van der Waals surface area contributed by atoms with E-state index in [0.717, 1.165) is 123 Å². The Kier molecular flexibility index (Phi) is 10.2. The van der Waals surface area contributed by atoms with Crippen molar-refractivity contribution in [3.05, 3.63) is 222 Å². The molecule has 10 heteroatoms. The van der Waals surface area contributed by atoms with E-state index in [0.29, 0.717) is 11.1 Å². The van der Waals surface area contributed by atoms with Crippen molar-refractivity contribution < 1.29 is 26.3 Å². The highest BCUT2D eigenvalue weighted by Gasteiger charge is 2.59. The summed E-state index contributed by atoms with van der Waals surface area (Å²) in [6.45, 7) is 9.21. The molecular formula is C67H52BF6N3. The summed E-state index contributed by atoms with van der Waals surface area (Å²) in [6, 6.07) is 62.4. The molecule has 77 heavy (non-hydrogen) atoms. The molecule has 0 spiro atoms. The zero-order valence-corrected chi connectivity index (χ0v) is 43.0. The van der Waals surface area contributed by atoms with E-state index in [4.69, 9.17) is 0 Å². The molecule has 0 aromatic heterocycles. The van der Waals surface area contributed by atoms with Crippen LogP contribution in [0.3, 0.4) is 0 Å². The van der Waals surface area contributed by atoms with Gasteiger partial charge in [0, 0.05) is 56.1 Å². The number of alkyl halides is 6. The summed E-state index contributed by atoms with van der Waals surface area (Å²) in [6.07, 6.45) is -4.88. The van der Waals surface area contributed by atoms with Crippen molar-refractivity contribution in [2.75, 3.05) is 14.7 Å². The summed E-state index contributed by atoms with van der Waals surface area (Å²) in [5.41, 5.74) is 17.4. The maximum atomic E-state index is 14.1. The number of fused-ring (bicyclic) bond motifs is 3. The Morgan fingerprint density at radius 2 is 0.857 bits per heavy atom. The molecule has 4 heterocycles. The van der Waals surface area contributed by atoms with Gasteiger partial charge in [-0.25, -0.2) is 0 Å². The first-order valence-electron chi connectivity index (χ1n) is 26.6. The molecule has 1 fully saturated rings. The summed E-state index contributed by atoms with van der Waals surface area (Å²) in [5, 5.41) is 0. The Hall–Kier alpha value is -7.98. The Bertz CT molecular complexity index is 3700. The lowest BCUT2D eigenvalue weighted by atomic mass is 9.28. The molecule has 1 saturated carbocycles. The van der Waals surface area contributed by atoms with Crippen molar-refractivity contribution in [3.8, 4) is 33.4 Å². The van der Waals surface area contributed by atoms with Gasteiger partial charge in [0.15, 0.2) is 0 Å². The number of benzene rings is 9. The van der Waals surface area contributed by atoms with Crippen molar-refractivity contribution in [1.82, 2.24) is 0 Å². The fraction of sp³-hybridized carbons (Fsp3) is 0.194. The minimum atomic E-state index is -4.50. The number of hydrogen-bond donors (Lipinski definition) is 0. The highest BCUT2D eigenvalue weighted by Crippen LogP contribution is 2.63. The number of nitrogens with zero attached hydrogens (tertiary/aromatic N) is 3. The average molecular weight is 1020 g/mol. The monoisotopic (exact) mass is 1020 g/mol. The van der Waals surface area contributed by atoms with Crippen LogP contribution >= 0.6 is 0 Å². The van der Waals surface area contributed by atoms with Crippen molar-refractivity contribution in [2.45, 2.75) is 82.1 Å². The molecule has 9 aromatic rings. The molecule has 4 aliphatic heterocycles. The van der Waals surface area contributed by atoms with Gasteiger partial charge in [-0.05, 0) is 148 Å². The molecule has 9 aromatic carbocycles. The van der Waals surface area contributed by atoms with Crippen LogP contribution in [-0.2, 0) is 23.2 Å². The van der Waals surface area contributed by atoms with E-state index in [1.54, 1.807) is 24.3 Å². The standard InChI is InChI=1S/C67H52BF6N3/c1-63(2)50-20-14-24-56-60(50)68-61-51(63)21-15-25-57(61)76(54-23-11-9-19-49(54)43-28-33-46(34-29-43)67(72,73)74)59-40-47(39-58(62(59)68)75(56)53-22-10-8-18-48(53)42-26-31-45(32-27-42)66(69,70)71)77-55-35-30-44(41-16-6-5-7-17-41)38-52(55)64(3)36-12-13-37-65(64,77)4/h5-11,14-35,38-40H,12-13,36-37H2,1-4H3. The molecule has 14 rings (SSSR count). The maximum absolute atomic E-state index is 14.1. The lowest BCUT2D eigenvalue weighted by Crippen LogP contribution is -2.67. The fourth-order valence-corrected chi connectivity index (χ4v) is 14.4. The van der Waals surface area contributed by atoms with Crippen LogP contribution in [0.4, 0.5) is 71.8 Å². The van der Waals surface area contributed by atoms with Crippen LogP contribution in [0.15, 0.2) is 194 Å². The third-order valence-corrected chi connectivity index (χ3v) is 18.3. The Balaban J connectivity index is 1.09. The van der Waals surface area contributed by atoms with E-state index in [-0.39, 0.29) is 17.7 Å². The molecule has 1 aliphatic carbocycles. The van der Waals surface area contributed by atoms with Gasteiger partial charge in [0.05, 0.1) is 28.0 Å². The van der Waals surface area contributed by atoms with Gasteiger partial charge in [0.1, 0.15) is 0 Å². The molecule has 0 radical (unpaired) electrons. The molecule has 0 saturated heterocycles. The molecule has 5 aliphatic rings. The predicted molar refractivity (Wildman–Crippen MR) is 302 cm³/mol. The molecule has 0 bridgehead atoms. The smallest absolute Gasteiger partial charge is 0.334 e. The van der Waals surface area contributed by atoms with Gasteiger partial charge in [-0.2, -0.15) is 26.3 Å². The van der Waals surface area contributed by atoms with Crippen molar-refractivity contribution in [2.24, 2.45) is 0 Å². The molecular weight excluding hydrogens is 972 g/mol. The quantitative estimate of drug-likeness (QED) is 0.121. The first-order chi connectivity index (χ1) is 37.0. The highest BCUT2D eigenvalue weighted by molar-refractivity contribution is 7.01. The summed E-state index contributed by atoms with van der Waals surface area (Å²) < 4.78 is 84.8. The van der Waals surface area contributed by atoms with Crippen LogP contribution in [0.25, 0.3) is 33.4 Å². The second-order valence-electron chi connectivity index (χ2n) is 22.5. The highest BCUT2D eigenvalue weighted by atomic mass is 19.4. The van der Waals surface area contributed by atoms with E-state index in [1.807, 2.05) is 42.5 Å². The summed E-state index contributed by atoms with van der Waals surface area (Å²) in [7, 11) is 0. The minimum Gasteiger partial charge on any atom is -0.334 e. The van der Waals surface area contributed by atoms with Crippen molar-refractivity contribution in [1.29, 1.82) is 0 Å². The first kappa shape index (κ1) is 47.5. The SMILES string of the molecule is CC1(C)c2cccc3c2B2c4c(cc(N5c6ccc(-c7ccccc7)cc6C6(C)CCCCC56C)cc4N(c4ccccc4-c4ccc(C(F)(F)F)cc4)c4cccc1c42)N3c1ccccc1-c1ccc(C(F)(F)F)cc1. The van der Waals surface area contributed by atoms with E-state index in [9.17, 15) is 26.3 Å². The Morgan fingerprint density at radius 1 is 0.390 bits per heavy atom. The van der Waals surface area contributed by atoms with Gasteiger partial charge in [-0.15, -0.1) is 0 Å². The normalized spacial score (nSPS) is 19.5. The number of hydrogen-bond acceptors (Lipinski definition) is 3. The number of para-hydroxylation sites is 2. The predicted octanol–water partition coefficient (Wildman–Crippen LogP) is 17.2. The lowest BCUT2D eigenvalue weighted by Gasteiger charge is -2.52. The van der Waals surface area contributed by atoms with Gasteiger partial charge in [-0.3, -0.25) is 0 Å². The van der Waals surface area contributed by atoms with Gasteiger partial charge in [0.2, 0.25) is 0 Å². The van der Waals surface area contributed by atoms with Crippen LogP contribution in [-0.4, -0.2) is 12.3 Å². The van der Waals surface area contributed by atoms with Crippen LogP contribution in [0.2, 0.25) is 0 Å². The average Bonchev–Trinajstić information content (AvgIpc) is 3.78. The fourth-order valence-electron chi connectivity index (χ4n) is 14.4. The largest absolute Gasteiger partial charge is 0.416 e. The van der Waals surface area contributed by atoms with Crippen LogP contribution in [0, 0.1) is 0 Å². The molecule has 3 nitrogen and oxygen atoms in total. The third-order valence-electron chi connectivity index (χ3n) is 18.3. The van der Waals surface area contributed by atoms with E-state index >= 15 is 0 Å². The third kappa shape index (κ3) is 6.79. The second kappa shape index (κ2) is 16.5. The second-order valence-corrected chi connectivity index (χ2v) is 22.5. The Morgan fingerprint density at radius 3 is 1.38 bits per heavy atom. The molecule has 0 N–H and O–H groups in total. The van der Waals surface area contributed by atoms with E-state index < -0.39 is 28.9 Å².